The molecule has 1 saturated heterocycles. The normalized spacial score (nSPS) is 19.4. The number of rotatable bonds is 5. The van der Waals surface area contributed by atoms with Gasteiger partial charge in [-0.3, -0.25) is 4.79 Å². The number of benzene rings is 2. The number of hydrogen-bond acceptors (Lipinski definition) is 5. The highest BCUT2D eigenvalue weighted by atomic mass is 35.5. The predicted octanol–water partition coefficient (Wildman–Crippen LogP) is 3.57. The van der Waals surface area contributed by atoms with Gasteiger partial charge < -0.3 is 14.4 Å². The second kappa shape index (κ2) is 9.06. The molecule has 166 valence electrons. The average Bonchev–Trinajstić information content (AvgIpc) is 2.79. The quantitative estimate of drug-likeness (QED) is 0.676. The van der Waals surface area contributed by atoms with Gasteiger partial charge in [-0.1, -0.05) is 23.7 Å². The van der Waals surface area contributed by atoms with Crippen LogP contribution >= 0.6 is 11.6 Å². The summed E-state index contributed by atoms with van der Waals surface area (Å²) < 4.78 is 38.9. The maximum absolute atomic E-state index is 13.3. The van der Waals surface area contributed by atoms with Gasteiger partial charge in [0.1, 0.15) is 18.1 Å². The van der Waals surface area contributed by atoms with Crippen LogP contribution in [0.25, 0.3) is 0 Å². The summed E-state index contributed by atoms with van der Waals surface area (Å²) in [6.45, 7) is 3.66. The number of nitrogens with zero attached hydrogens (tertiary/aromatic N) is 2. The molecule has 9 heteroatoms. The highest BCUT2D eigenvalue weighted by Crippen LogP contribution is 2.34. The van der Waals surface area contributed by atoms with E-state index < -0.39 is 15.9 Å². The molecule has 2 aromatic carbocycles. The fourth-order valence-electron chi connectivity index (χ4n) is 4.04. The van der Waals surface area contributed by atoms with Crippen LogP contribution < -0.4 is 14.4 Å². The number of amides is 1. The fourth-order valence-corrected chi connectivity index (χ4v) is 5.90. The summed E-state index contributed by atoms with van der Waals surface area (Å²) >= 11 is 6.20. The third kappa shape index (κ3) is 4.37. The standard InChI is InChI=1S/C22H25ClN2O5S/c1-2-29-20-10-9-17(14-18(20)23)31(27,28)24-11-5-6-16(15-24)22(26)25-12-13-30-21-8-4-3-7-19(21)25/h3-4,7-10,14,16H,2,5-6,11-13,15H2,1H3/t16-/m0/s1. The Kier molecular flexibility index (Phi) is 6.41. The van der Waals surface area contributed by atoms with Crippen LogP contribution in [0, 0.1) is 5.92 Å². The SMILES string of the molecule is CCOc1ccc(S(=O)(=O)N2CCC[C@H](C(=O)N3CCOc4ccccc43)C2)cc1Cl. The monoisotopic (exact) mass is 464 g/mol. The topological polar surface area (TPSA) is 76.2 Å². The maximum Gasteiger partial charge on any atom is 0.243 e. The maximum atomic E-state index is 13.3. The molecule has 0 aromatic heterocycles. The molecule has 7 nitrogen and oxygen atoms in total. The molecule has 0 spiro atoms. The van der Waals surface area contributed by atoms with E-state index in [4.69, 9.17) is 21.1 Å². The van der Waals surface area contributed by atoms with Crippen LogP contribution in [0.5, 0.6) is 11.5 Å². The molecule has 1 fully saturated rings. The molecular formula is C22H25ClN2O5S. The summed E-state index contributed by atoms with van der Waals surface area (Å²) in [7, 11) is -3.78. The second-order valence-corrected chi connectivity index (χ2v) is 9.88. The van der Waals surface area contributed by atoms with E-state index in [0.29, 0.717) is 50.6 Å². The van der Waals surface area contributed by atoms with Gasteiger partial charge in [0.25, 0.3) is 0 Å². The third-order valence-corrected chi connectivity index (χ3v) is 7.73. The summed E-state index contributed by atoms with van der Waals surface area (Å²) in [5, 5.41) is 0.248. The number of piperidine rings is 1. The summed E-state index contributed by atoms with van der Waals surface area (Å²) in [6.07, 6.45) is 1.26. The molecule has 0 unspecified atom stereocenters. The lowest BCUT2D eigenvalue weighted by molar-refractivity contribution is -0.123. The van der Waals surface area contributed by atoms with Gasteiger partial charge in [0.2, 0.25) is 15.9 Å². The number of carbonyl (C=O) groups excluding carboxylic acids is 1. The van der Waals surface area contributed by atoms with Gasteiger partial charge in [-0.2, -0.15) is 4.31 Å². The molecule has 1 amide bonds. The van der Waals surface area contributed by atoms with E-state index in [-0.39, 0.29) is 22.4 Å². The van der Waals surface area contributed by atoms with E-state index in [1.165, 1.54) is 16.4 Å². The van der Waals surface area contributed by atoms with E-state index in [1.54, 1.807) is 11.0 Å². The van der Waals surface area contributed by atoms with E-state index in [2.05, 4.69) is 0 Å². The van der Waals surface area contributed by atoms with E-state index in [0.717, 1.165) is 5.69 Å². The number of fused-ring (bicyclic) bond motifs is 1. The Morgan fingerprint density at radius 3 is 2.81 bits per heavy atom. The van der Waals surface area contributed by atoms with Gasteiger partial charge in [0.15, 0.2) is 0 Å². The molecule has 2 aliphatic rings. The van der Waals surface area contributed by atoms with Crippen molar-refractivity contribution in [3.8, 4) is 11.5 Å². The van der Waals surface area contributed by atoms with Crippen molar-refractivity contribution in [3.05, 3.63) is 47.5 Å². The Morgan fingerprint density at radius 1 is 1.23 bits per heavy atom. The molecule has 0 saturated carbocycles. The van der Waals surface area contributed by atoms with Crippen molar-refractivity contribution in [2.75, 3.05) is 37.7 Å². The molecule has 31 heavy (non-hydrogen) atoms. The zero-order valence-electron chi connectivity index (χ0n) is 17.3. The molecule has 4 rings (SSSR count). The van der Waals surface area contributed by atoms with Crippen LogP contribution in [0.4, 0.5) is 5.69 Å². The largest absolute Gasteiger partial charge is 0.492 e. The minimum Gasteiger partial charge on any atom is -0.492 e. The zero-order valence-corrected chi connectivity index (χ0v) is 18.9. The van der Waals surface area contributed by atoms with Crippen molar-refractivity contribution in [2.24, 2.45) is 5.92 Å². The van der Waals surface area contributed by atoms with Crippen molar-refractivity contribution in [1.82, 2.24) is 4.31 Å². The first-order valence-corrected chi connectivity index (χ1v) is 12.2. The first-order chi connectivity index (χ1) is 14.9. The summed E-state index contributed by atoms with van der Waals surface area (Å²) in [6, 6.07) is 11.9. The van der Waals surface area contributed by atoms with Crippen molar-refractivity contribution in [1.29, 1.82) is 0 Å². The van der Waals surface area contributed by atoms with Crippen LogP contribution in [-0.4, -0.2) is 51.5 Å². The molecule has 0 bridgehead atoms. The molecule has 1 atom stereocenters. The van der Waals surface area contributed by atoms with Crippen LogP contribution in [0.15, 0.2) is 47.4 Å². The second-order valence-electron chi connectivity index (χ2n) is 7.53. The molecule has 2 aromatic rings. The Morgan fingerprint density at radius 2 is 2.03 bits per heavy atom. The van der Waals surface area contributed by atoms with Gasteiger partial charge in [-0.15, -0.1) is 0 Å². The first-order valence-electron chi connectivity index (χ1n) is 10.4. The fraction of sp³-hybridized carbons (Fsp3) is 0.409. The summed E-state index contributed by atoms with van der Waals surface area (Å²) in [5.74, 6) is 0.639. The number of anilines is 1. The van der Waals surface area contributed by atoms with Gasteiger partial charge in [-0.05, 0) is 50.1 Å². The molecular weight excluding hydrogens is 440 g/mol. The van der Waals surface area contributed by atoms with Crippen molar-refractivity contribution in [3.63, 3.8) is 0 Å². The van der Waals surface area contributed by atoms with E-state index >= 15 is 0 Å². The lowest BCUT2D eigenvalue weighted by Gasteiger charge is -2.36. The average molecular weight is 465 g/mol. The van der Waals surface area contributed by atoms with Crippen molar-refractivity contribution >= 4 is 33.2 Å². The smallest absolute Gasteiger partial charge is 0.243 e. The Hall–Kier alpha value is -2.29. The highest BCUT2D eigenvalue weighted by molar-refractivity contribution is 7.89. The molecule has 2 heterocycles. The number of sulfonamides is 1. The van der Waals surface area contributed by atoms with Crippen LogP contribution in [0.3, 0.4) is 0 Å². The Bertz CT molecular complexity index is 1080. The zero-order chi connectivity index (χ0) is 22.0. The minimum atomic E-state index is -3.78. The number of ether oxygens (including phenoxy) is 2. The molecule has 2 aliphatic heterocycles. The van der Waals surface area contributed by atoms with Gasteiger partial charge in [0.05, 0.1) is 34.7 Å². The van der Waals surface area contributed by atoms with Gasteiger partial charge in [-0.25, -0.2) is 8.42 Å². The van der Waals surface area contributed by atoms with Crippen LogP contribution in [-0.2, 0) is 14.8 Å². The summed E-state index contributed by atoms with van der Waals surface area (Å²) in [4.78, 5) is 15.1. The van der Waals surface area contributed by atoms with E-state index in [1.807, 2.05) is 31.2 Å². The first kappa shape index (κ1) is 21.9. The number of hydrogen-bond donors (Lipinski definition) is 0. The molecule has 0 aliphatic carbocycles. The Labute approximate surface area is 187 Å². The van der Waals surface area contributed by atoms with Gasteiger partial charge in [0, 0.05) is 13.1 Å². The van der Waals surface area contributed by atoms with Gasteiger partial charge >= 0.3 is 0 Å². The minimum absolute atomic E-state index is 0.0691. The van der Waals surface area contributed by atoms with Crippen molar-refractivity contribution in [2.45, 2.75) is 24.7 Å². The highest BCUT2D eigenvalue weighted by Gasteiger charge is 2.36. The van der Waals surface area contributed by atoms with Crippen LogP contribution in [0.2, 0.25) is 5.02 Å². The number of para-hydroxylation sites is 2. The predicted molar refractivity (Wildman–Crippen MR) is 118 cm³/mol. The molecule has 0 N–H and O–H groups in total. The number of carbonyl (C=O) groups is 1. The van der Waals surface area contributed by atoms with Crippen molar-refractivity contribution < 1.29 is 22.7 Å². The lowest BCUT2D eigenvalue weighted by atomic mass is 9.97. The van der Waals surface area contributed by atoms with Crippen LogP contribution in [0.1, 0.15) is 19.8 Å². The molecule has 0 radical (unpaired) electrons. The third-order valence-electron chi connectivity index (χ3n) is 5.57. The number of halogens is 1. The Balaban J connectivity index is 1.53. The lowest BCUT2D eigenvalue weighted by Crippen LogP contribution is -2.48. The van der Waals surface area contributed by atoms with E-state index in [9.17, 15) is 13.2 Å². The summed E-state index contributed by atoms with van der Waals surface area (Å²) in [5.41, 5.74) is 0.733.